The van der Waals surface area contributed by atoms with E-state index in [-0.39, 0.29) is 0 Å². The van der Waals surface area contributed by atoms with E-state index in [0.717, 1.165) is 39.3 Å². The highest BCUT2D eigenvalue weighted by Gasteiger charge is 2.04. The average Bonchev–Trinajstić information content (AvgIpc) is 2.86. The molecular weight excluding hydrogens is 334 g/mol. The van der Waals surface area contributed by atoms with E-state index in [1.165, 1.54) is 5.39 Å². The predicted octanol–water partition coefficient (Wildman–Crippen LogP) is 4.42. The quantitative estimate of drug-likeness (QED) is 0.759. The van der Waals surface area contributed by atoms with Crippen molar-refractivity contribution in [2.45, 2.75) is 13.3 Å². The van der Waals surface area contributed by atoms with Crippen LogP contribution >= 0.6 is 27.3 Å². The lowest BCUT2D eigenvalue weighted by molar-refractivity contribution is 0.963. The number of nitrogens with one attached hydrogen (secondary N) is 1. The summed E-state index contributed by atoms with van der Waals surface area (Å²) >= 11 is 5.27. The highest BCUT2D eigenvalue weighted by Crippen LogP contribution is 2.27. The lowest BCUT2D eigenvalue weighted by Crippen LogP contribution is -2.07. The Balaban J connectivity index is 1.76. The highest BCUT2D eigenvalue weighted by molar-refractivity contribution is 9.10. The number of aryl methyl sites for hydroxylation is 1. The van der Waals surface area contributed by atoms with Crippen molar-refractivity contribution in [3.63, 3.8) is 0 Å². The van der Waals surface area contributed by atoms with Crippen LogP contribution in [0.3, 0.4) is 0 Å². The smallest absolute Gasteiger partial charge is 0.133 e. The average molecular weight is 348 g/mol. The van der Waals surface area contributed by atoms with E-state index in [9.17, 15) is 0 Å². The zero-order valence-corrected chi connectivity index (χ0v) is 13.5. The van der Waals surface area contributed by atoms with Gasteiger partial charge >= 0.3 is 0 Å². The van der Waals surface area contributed by atoms with Gasteiger partial charge in [-0.05, 0) is 19.1 Å². The Kier molecular flexibility index (Phi) is 3.98. The molecule has 102 valence electrons. The van der Waals surface area contributed by atoms with Crippen LogP contribution in [0.15, 0.2) is 40.3 Å². The van der Waals surface area contributed by atoms with E-state index in [1.54, 1.807) is 11.3 Å². The molecule has 20 heavy (non-hydrogen) atoms. The zero-order chi connectivity index (χ0) is 13.9. The minimum Gasteiger partial charge on any atom is -0.369 e. The number of anilines is 1. The molecule has 0 spiro atoms. The van der Waals surface area contributed by atoms with Crippen molar-refractivity contribution in [1.82, 2.24) is 9.97 Å². The van der Waals surface area contributed by atoms with Crippen LogP contribution in [0.25, 0.3) is 10.8 Å². The first-order chi connectivity index (χ1) is 9.74. The summed E-state index contributed by atoms with van der Waals surface area (Å²) in [5.41, 5.74) is 1.14. The molecule has 2 aromatic heterocycles. The van der Waals surface area contributed by atoms with E-state index in [1.807, 2.05) is 31.3 Å². The van der Waals surface area contributed by atoms with Crippen LogP contribution < -0.4 is 5.32 Å². The summed E-state index contributed by atoms with van der Waals surface area (Å²) in [5, 5.41) is 8.95. The minimum absolute atomic E-state index is 0.835. The normalized spacial score (nSPS) is 10.9. The second-order valence-electron chi connectivity index (χ2n) is 4.53. The molecule has 3 aromatic rings. The number of aromatic nitrogens is 2. The van der Waals surface area contributed by atoms with Crippen molar-refractivity contribution in [1.29, 1.82) is 0 Å². The number of hydrogen-bond acceptors (Lipinski definition) is 4. The third-order valence-electron chi connectivity index (χ3n) is 3.09. The summed E-state index contributed by atoms with van der Waals surface area (Å²) in [4.78, 5) is 8.90. The molecule has 0 bridgehead atoms. The summed E-state index contributed by atoms with van der Waals surface area (Å²) in [6.45, 7) is 2.87. The van der Waals surface area contributed by atoms with Gasteiger partial charge in [0.2, 0.25) is 0 Å². The van der Waals surface area contributed by atoms with Gasteiger partial charge in [-0.15, -0.1) is 11.3 Å². The monoisotopic (exact) mass is 347 g/mol. The molecule has 0 atom stereocenters. The van der Waals surface area contributed by atoms with Crippen molar-refractivity contribution in [2.24, 2.45) is 0 Å². The fourth-order valence-electron chi connectivity index (χ4n) is 2.14. The van der Waals surface area contributed by atoms with Crippen LogP contribution in [0.2, 0.25) is 0 Å². The third kappa shape index (κ3) is 2.83. The Morgan fingerprint density at radius 2 is 2.15 bits per heavy atom. The van der Waals surface area contributed by atoms with Gasteiger partial charge in [-0.1, -0.05) is 28.1 Å². The summed E-state index contributed by atoms with van der Waals surface area (Å²) in [5.74, 6) is 0.927. The molecule has 3 rings (SSSR count). The first kappa shape index (κ1) is 13.5. The van der Waals surface area contributed by atoms with Crippen LogP contribution in [0.1, 0.15) is 10.7 Å². The predicted molar refractivity (Wildman–Crippen MR) is 88.5 cm³/mol. The molecule has 2 heterocycles. The summed E-state index contributed by atoms with van der Waals surface area (Å²) in [6.07, 6.45) is 2.75. The maximum absolute atomic E-state index is 4.47. The number of fused-ring (bicyclic) bond motifs is 1. The van der Waals surface area contributed by atoms with Crippen molar-refractivity contribution in [3.05, 3.63) is 51.0 Å². The van der Waals surface area contributed by atoms with E-state index >= 15 is 0 Å². The molecule has 0 aliphatic heterocycles. The van der Waals surface area contributed by atoms with Gasteiger partial charge in [-0.2, -0.15) is 0 Å². The van der Waals surface area contributed by atoms with E-state index in [4.69, 9.17) is 0 Å². The lowest BCUT2D eigenvalue weighted by Gasteiger charge is -2.08. The first-order valence-electron chi connectivity index (χ1n) is 6.42. The van der Waals surface area contributed by atoms with E-state index in [2.05, 4.69) is 42.7 Å². The third-order valence-corrected chi connectivity index (χ3v) is 4.61. The van der Waals surface area contributed by atoms with Gasteiger partial charge in [0, 0.05) is 39.8 Å². The maximum Gasteiger partial charge on any atom is 0.133 e. The topological polar surface area (TPSA) is 37.8 Å². The number of thiazole rings is 1. The van der Waals surface area contributed by atoms with Crippen LogP contribution in [0.4, 0.5) is 5.82 Å². The van der Waals surface area contributed by atoms with Crippen LogP contribution in [-0.2, 0) is 6.42 Å². The van der Waals surface area contributed by atoms with Gasteiger partial charge < -0.3 is 5.32 Å². The summed E-state index contributed by atoms with van der Waals surface area (Å²) in [6, 6.07) is 8.18. The van der Waals surface area contributed by atoms with Gasteiger partial charge in [0.25, 0.3) is 0 Å². The van der Waals surface area contributed by atoms with Crippen molar-refractivity contribution in [2.75, 3.05) is 11.9 Å². The van der Waals surface area contributed by atoms with E-state index in [0.29, 0.717) is 0 Å². The number of rotatable bonds is 4. The van der Waals surface area contributed by atoms with E-state index < -0.39 is 0 Å². The molecule has 0 radical (unpaired) electrons. The maximum atomic E-state index is 4.47. The number of pyridine rings is 1. The molecule has 1 N–H and O–H groups in total. The highest BCUT2D eigenvalue weighted by atomic mass is 79.9. The Morgan fingerprint density at radius 3 is 2.95 bits per heavy atom. The fraction of sp³-hybridized carbons (Fsp3) is 0.200. The number of hydrogen-bond donors (Lipinski definition) is 1. The van der Waals surface area contributed by atoms with Gasteiger partial charge in [0.15, 0.2) is 0 Å². The number of benzene rings is 1. The molecule has 5 heteroatoms. The summed E-state index contributed by atoms with van der Waals surface area (Å²) < 4.78 is 1.09. The summed E-state index contributed by atoms with van der Waals surface area (Å²) in [7, 11) is 0. The van der Waals surface area contributed by atoms with Gasteiger partial charge in [-0.3, -0.25) is 0 Å². The Morgan fingerprint density at radius 1 is 1.25 bits per heavy atom. The second-order valence-corrected chi connectivity index (χ2v) is 6.45. The molecular formula is C15H14BrN3S. The van der Waals surface area contributed by atoms with Crippen molar-refractivity contribution < 1.29 is 0 Å². The molecule has 0 aliphatic rings. The van der Waals surface area contributed by atoms with Gasteiger partial charge in [0.1, 0.15) is 5.82 Å². The Hall–Kier alpha value is -1.46. The van der Waals surface area contributed by atoms with Gasteiger partial charge in [-0.25, -0.2) is 9.97 Å². The fourth-order valence-corrected chi connectivity index (χ4v) is 3.29. The lowest BCUT2D eigenvalue weighted by atomic mass is 10.1. The molecule has 0 unspecified atom stereocenters. The molecule has 1 aromatic carbocycles. The minimum atomic E-state index is 0.835. The number of halogens is 1. The second kappa shape index (κ2) is 5.89. The Bertz CT molecular complexity index is 739. The van der Waals surface area contributed by atoms with Crippen LogP contribution in [-0.4, -0.2) is 16.5 Å². The molecule has 0 amide bonds. The van der Waals surface area contributed by atoms with Crippen LogP contribution in [0.5, 0.6) is 0 Å². The standard InChI is InChI=1S/C15H14BrN3S/c1-10-19-11(9-20-10)5-7-17-15-13-3-2-4-14(16)12(13)6-8-18-15/h2-4,6,8-9H,5,7H2,1H3,(H,17,18). The molecule has 0 saturated heterocycles. The molecule has 0 saturated carbocycles. The SMILES string of the molecule is Cc1nc(CCNc2nccc3c(Br)cccc23)cs1. The molecule has 3 nitrogen and oxygen atoms in total. The van der Waals surface area contributed by atoms with Crippen molar-refractivity contribution >= 4 is 43.9 Å². The van der Waals surface area contributed by atoms with Crippen LogP contribution in [0, 0.1) is 6.92 Å². The molecule has 0 aliphatic carbocycles. The number of nitrogens with zero attached hydrogens (tertiary/aromatic N) is 2. The first-order valence-corrected chi connectivity index (χ1v) is 8.09. The largest absolute Gasteiger partial charge is 0.369 e. The molecule has 0 fully saturated rings. The Labute approximate surface area is 130 Å². The van der Waals surface area contributed by atoms with Gasteiger partial charge in [0.05, 0.1) is 10.7 Å². The van der Waals surface area contributed by atoms with Crippen molar-refractivity contribution in [3.8, 4) is 0 Å². The zero-order valence-electron chi connectivity index (χ0n) is 11.1.